The van der Waals surface area contributed by atoms with E-state index in [1.54, 1.807) is 60.7 Å². The van der Waals surface area contributed by atoms with Crippen LogP contribution in [0.1, 0.15) is 23.2 Å². The fourth-order valence-corrected chi connectivity index (χ4v) is 3.20. The molecule has 0 unspecified atom stereocenters. The van der Waals surface area contributed by atoms with Crippen molar-refractivity contribution in [2.45, 2.75) is 12.8 Å². The monoisotopic (exact) mass is 393 g/mol. The van der Waals surface area contributed by atoms with Gasteiger partial charge in [0, 0.05) is 28.8 Å². The number of benzene rings is 2. The number of nitrogens with one attached hydrogen (secondary N) is 2. The molecule has 2 N–H and O–H groups in total. The number of aliphatic carboxylic acids is 1. The molecule has 2 atom stereocenters. The van der Waals surface area contributed by atoms with Gasteiger partial charge in [-0.25, -0.2) is 0 Å². The third-order valence-electron chi connectivity index (χ3n) is 4.81. The van der Waals surface area contributed by atoms with Gasteiger partial charge in [-0.05, 0) is 55.3 Å². The van der Waals surface area contributed by atoms with E-state index in [2.05, 4.69) is 10.6 Å². The number of anilines is 2. The molecule has 7 nitrogen and oxygen atoms in total. The highest BCUT2D eigenvalue weighted by Gasteiger charge is 2.29. The van der Waals surface area contributed by atoms with Crippen LogP contribution in [-0.2, 0) is 9.59 Å². The zero-order valence-corrected chi connectivity index (χ0v) is 15.9. The van der Waals surface area contributed by atoms with E-state index in [1.807, 2.05) is 0 Å². The summed E-state index contributed by atoms with van der Waals surface area (Å²) in [4.78, 5) is 36.1. The largest absolute Gasteiger partial charge is 0.550 e. The maximum absolute atomic E-state index is 12.5. The Hall–Kier alpha value is -3.61. The molecule has 2 aromatic rings. The van der Waals surface area contributed by atoms with E-state index in [1.165, 1.54) is 7.11 Å². The number of allylic oxidation sites excluding steroid dienone is 2. The van der Waals surface area contributed by atoms with Gasteiger partial charge in [-0.1, -0.05) is 18.2 Å². The molecule has 0 fully saturated rings. The maximum Gasteiger partial charge on any atom is 0.255 e. The molecule has 2 aromatic carbocycles. The Morgan fingerprint density at radius 3 is 2.17 bits per heavy atom. The van der Waals surface area contributed by atoms with Crippen LogP contribution in [0.3, 0.4) is 0 Å². The van der Waals surface area contributed by atoms with E-state index < -0.39 is 17.8 Å². The van der Waals surface area contributed by atoms with E-state index in [0.29, 0.717) is 29.1 Å². The summed E-state index contributed by atoms with van der Waals surface area (Å²) in [6.45, 7) is 0. The Morgan fingerprint density at radius 2 is 1.55 bits per heavy atom. The molecule has 0 spiro atoms. The second-order valence-electron chi connectivity index (χ2n) is 6.73. The molecule has 29 heavy (non-hydrogen) atoms. The van der Waals surface area contributed by atoms with Crippen molar-refractivity contribution in [1.29, 1.82) is 0 Å². The molecule has 0 bridgehead atoms. The van der Waals surface area contributed by atoms with Crippen LogP contribution in [-0.4, -0.2) is 24.9 Å². The standard InChI is InChI=1S/C22H22N2O5/c1-29-17-6-4-5-14(13-17)20(25)23-15-9-11-16(12-10-15)24-21(26)18-7-2-3-8-19(18)22(27)28/h2-6,9-13,18-19H,7-8H2,1H3,(H,23,25)(H,24,26)(H,27,28)/p-1/t18-,19-/m1/s1. The predicted octanol–water partition coefficient (Wildman–Crippen LogP) is 2.22. The third-order valence-corrected chi connectivity index (χ3v) is 4.81. The van der Waals surface area contributed by atoms with E-state index in [4.69, 9.17) is 4.74 Å². The number of carbonyl (C=O) groups is 3. The Morgan fingerprint density at radius 1 is 0.931 bits per heavy atom. The number of carboxylic acid groups (broad SMARTS) is 1. The summed E-state index contributed by atoms with van der Waals surface area (Å²) in [7, 11) is 1.53. The molecular weight excluding hydrogens is 372 g/mol. The number of ether oxygens (including phenoxy) is 1. The minimum Gasteiger partial charge on any atom is -0.550 e. The fourth-order valence-electron chi connectivity index (χ4n) is 3.20. The summed E-state index contributed by atoms with van der Waals surface area (Å²) in [6, 6.07) is 13.4. The Balaban J connectivity index is 1.62. The molecule has 150 valence electrons. The number of rotatable bonds is 6. The molecule has 0 heterocycles. The van der Waals surface area contributed by atoms with Gasteiger partial charge in [-0.2, -0.15) is 0 Å². The van der Waals surface area contributed by atoms with Gasteiger partial charge < -0.3 is 25.3 Å². The number of carboxylic acids is 1. The average Bonchev–Trinajstić information content (AvgIpc) is 2.75. The van der Waals surface area contributed by atoms with Crippen molar-refractivity contribution in [3.63, 3.8) is 0 Å². The van der Waals surface area contributed by atoms with E-state index >= 15 is 0 Å². The molecule has 3 rings (SSSR count). The van der Waals surface area contributed by atoms with Crippen LogP contribution in [0, 0.1) is 11.8 Å². The summed E-state index contributed by atoms with van der Waals surface area (Å²) in [6.07, 6.45) is 4.21. The topological polar surface area (TPSA) is 108 Å². The van der Waals surface area contributed by atoms with Crippen molar-refractivity contribution < 1.29 is 24.2 Å². The Kier molecular flexibility index (Phi) is 6.29. The number of carbonyl (C=O) groups excluding carboxylic acids is 3. The normalized spacial score (nSPS) is 18.0. The van der Waals surface area contributed by atoms with Crippen LogP contribution in [0.15, 0.2) is 60.7 Å². The van der Waals surface area contributed by atoms with E-state index in [9.17, 15) is 19.5 Å². The lowest BCUT2D eigenvalue weighted by molar-refractivity contribution is -0.313. The zero-order valence-electron chi connectivity index (χ0n) is 15.9. The number of hydrogen-bond donors (Lipinski definition) is 2. The molecule has 0 saturated carbocycles. The van der Waals surface area contributed by atoms with Crippen molar-refractivity contribution in [2.24, 2.45) is 11.8 Å². The van der Waals surface area contributed by atoms with Gasteiger partial charge in [0.2, 0.25) is 5.91 Å². The lowest BCUT2D eigenvalue weighted by atomic mass is 9.82. The van der Waals surface area contributed by atoms with Crippen LogP contribution in [0.25, 0.3) is 0 Å². The molecule has 7 heteroatoms. The summed E-state index contributed by atoms with van der Waals surface area (Å²) in [5, 5.41) is 16.8. The first kappa shape index (κ1) is 20.1. The van der Waals surface area contributed by atoms with Gasteiger partial charge in [0.05, 0.1) is 13.0 Å². The predicted molar refractivity (Wildman–Crippen MR) is 106 cm³/mol. The third kappa shape index (κ3) is 5.01. The van der Waals surface area contributed by atoms with E-state index in [0.717, 1.165) is 0 Å². The summed E-state index contributed by atoms with van der Waals surface area (Å²) >= 11 is 0. The molecule has 0 aliphatic heterocycles. The van der Waals surface area contributed by atoms with Gasteiger partial charge in [0.25, 0.3) is 5.91 Å². The SMILES string of the molecule is COc1cccc(C(=O)Nc2ccc(NC(=O)[C@@H]3CC=CC[C@H]3C(=O)[O-])cc2)c1. The smallest absolute Gasteiger partial charge is 0.255 e. The first-order chi connectivity index (χ1) is 14.0. The highest BCUT2D eigenvalue weighted by atomic mass is 16.5. The summed E-state index contributed by atoms with van der Waals surface area (Å²) in [5.41, 5.74) is 1.53. The lowest BCUT2D eigenvalue weighted by Gasteiger charge is -2.28. The van der Waals surface area contributed by atoms with Gasteiger partial charge in [-0.15, -0.1) is 0 Å². The second kappa shape index (κ2) is 9.05. The quantitative estimate of drug-likeness (QED) is 0.732. The average molecular weight is 393 g/mol. The molecule has 1 aliphatic carbocycles. The molecule has 2 amide bonds. The number of hydrogen-bond acceptors (Lipinski definition) is 5. The van der Waals surface area contributed by atoms with Crippen LogP contribution in [0.5, 0.6) is 5.75 Å². The minimum atomic E-state index is -1.22. The Bertz CT molecular complexity index is 936. The molecule has 0 aromatic heterocycles. The van der Waals surface area contributed by atoms with Gasteiger partial charge in [0.15, 0.2) is 0 Å². The van der Waals surface area contributed by atoms with Crippen molar-refractivity contribution in [3.8, 4) is 5.75 Å². The van der Waals surface area contributed by atoms with Crippen LogP contribution in [0.4, 0.5) is 11.4 Å². The summed E-state index contributed by atoms with van der Waals surface area (Å²) in [5.74, 6) is -2.78. The molecule has 1 aliphatic rings. The van der Waals surface area contributed by atoms with Crippen molar-refractivity contribution >= 4 is 29.2 Å². The van der Waals surface area contributed by atoms with Crippen molar-refractivity contribution in [1.82, 2.24) is 0 Å². The van der Waals surface area contributed by atoms with Crippen LogP contribution < -0.4 is 20.5 Å². The van der Waals surface area contributed by atoms with Crippen LogP contribution >= 0.6 is 0 Å². The highest BCUT2D eigenvalue weighted by molar-refractivity contribution is 6.04. The number of methoxy groups -OCH3 is 1. The first-order valence-corrected chi connectivity index (χ1v) is 9.20. The zero-order chi connectivity index (χ0) is 20.8. The van der Waals surface area contributed by atoms with Gasteiger partial charge in [0.1, 0.15) is 5.75 Å². The molecule has 0 radical (unpaired) electrons. The number of amides is 2. The Labute approximate surface area is 168 Å². The molecular formula is C22H21N2O5-. The second-order valence-corrected chi connectivity index (χ2v) is 6.73. The lowest BCUT2D eigenvalue weighted by Crippen LogP contribution is -2.41. The fraction of sp³-hybridized carbons (Fsp3) is 0.227. The maximum atomic E-state index is 12.5. The summed E-state index contributed by atoms with van der Waals surface area (Å²) < 4.78 is 5.12. The molecule has 0 saturated heterocycles. The first-order valence-electron chi connectivity index (χ1n) is 9.20. The van der Waals surface area contributed by atoms with Crippen molar-refractivity contribution in [3.05, 3.63) is 66.2 Å². The van der Waals surface area contributed by atoms with Crippen molar-refractivity contribution in [2.75, 3.05) is 17.7 Å². The van der Waals surface area contributed by atoms with E-state index in [-0.39, 0.29) is 18.2 Å². The highest BCUT2D eigenvalue weighted by Crippen LogP contribution is 2.27. The van der Waals surface area contributed by atoms with Gasteiger partial charge in [-0.3, -0.25) is 9.59 Å². The van der Waals surface area contributed by atoms with Crippen LogP contribution in [0.2, 0.25) is 0 Å². The van der Waals surface area contributed by atoms with Gasteiger partial charge >= 0.3 is 0 Å². The minimum absolute atomic E-state index is 0.286.